The van der Waals surface area contributed by atoms with E-state index in [1.165, 1.54) is 29.6 Å². The third kappa shape index (κ3) is 7.18. The Labute approximate surface area is 229 Å². The minimum absolute atomic E-state index is 0.0371. The van der Waals surface area contributed by atoms with Gasteiger partial charge in [-0.05, 0) is 76.4 Å². The molecule has 38 heavy (non-hydrogen) atoms. The van der Waals surface area contributed by atoms with Gasteiger partial charge >= 0.3 is 0 Å². The van der Waals surface area contributed by atoms with E-state index in [-0.39, 0.29) is 11.9 Å². The van der Waals surface area contributed by atoms with Crippen molar-refractivity contribution in [3.8, 4) is 0 Å². The van der Waals surface area contributed by atoms with Gasteiger partial charge in [0.25, 0.3) is 12.1 Å². The molecule has 0 aliphatic carbocycles. The van der Waals surface area contributed by atoms with Crippen LogP contribution in [0.4, 0.5) is 11.6 Å². The zero-order valence-electron chi connectivity index (χ0n) is 23.0. The van der Waals surface area contributed by atoms with Crippen LogP contribution in [0.15, 0.2) is 23.8 Å². The predicted molar refractivity (Wildman–Crippen MR) is 151 cm³/mol. The lowest BCUT2D eigenvalue weighted by atomic mass is 10.1. The van der Waals surface area contributed by atoms with Crippen molar-refractivity contribution in [1.29, 1.82) is 0 Å². The lowest BCUT2D eigenvalue weighted by Crippen LogP contribution is -2.42. The molecule has 0 saturated carbocycles. The zero-order valence-corrected chi connectivity index (χ0v) is 23.8. The molecule has 2 atom stereocenters. The van der Waals surface area contributed by atoms with Crippen molar-refractivity contribution in [3.63, 3.8) is 0 Å². The van der Waals surface area contributed by atoms with Gasteiger partial charge in [0.2, 0.25) is 0 Å². The molecule has 206 valence electrons. The van der Waals surface area contributed by atoms with Crippen molar-refractivity contribution in [2.24, 2.45) is 0 Å². The van der Waals surface area contributed by atoms with Crippen LogP contribution in [0.1, 0.15) is 56.4 Å². The number of hydrogen-bond donors (Lipinski definition) is 3. The molecule has 0 bridgehead atoms. The van der Waals surface area contributed by atoms with Crippen LogP contribution in [0.5, 0.6) is 0 Å². The number of carbonyl (C=O) groups is 1. The number of ether oxygens (including phenoxy) is 1. The second kappa shape index (κ2) is 13.3. The summed E-state index contributed by atoms with van der Waals surface area (Å²) >= 11 is 1.51. The van der Waals surface area contributed by atoms with Crippen molar-refractivity contribution in [2.45, 2.75) is 71.4 Å². The number of thiophene rings is 1. The summed E-state index contributed by atoms with van der Waals surface area (Å²) in [4.78, 5) is 24.1. The van der Waals surface area contributed by atoms with E-state index in [0.717, 1.165) is 83.9 Å². The van der Waals surface area contributed by atoms with Crippen molar-refractivity contribution in [1.82, 2.24) is 14.9 Å². The van der Waals surface area contributed by atoms with E-state index in [0.29, 0.717) is 12.2 Å². The normalized spacial score (nSPS) is 14.8. The zero-order chi connectivity index (χ0) is 27.1. The maximum absolute atomic E-state index is 12.6. The lowest BCUT2D eigenvalue weighted by Gasteiger charge is -2.26. The fourth-order valence-electron chi connectivity index (χ4n) is 4.91. The number of hydrogen-bond acceptors (Lipinski definition) is 9. The number of nitrogens with zero attached hydrogens (tertiary/aromatic N) is 4. The first kappa shape index (κ1) is 28.2. The Balaban J connectivity index is 1.34. The van der Waals surface area contributed by atoms with Gasteiger partial charge in [-0.1, -0.05) is 10.8 Å². The quantitative estimate of drug-likeness (QED) is 0.160. The first-order valence-electron chi connectivity index (χ1n) is 13.6. The van der Waals surface area contributed by atoms with E-state index < -0.39 is 6.04 Å². The molecule has 10 heteroatoms. The van der Waals surface area contributed by atoms with Gasteiger partial charge in [0.1, 0.15) is 16.6 Å². The minimum Gasteiger partial charge on any atom is -0.380 e. The minimum atomic E-state index is -0.422. The van der Waals surface area contributed by atoms with Crippen LogP contribution in [-0.2, 0) is 22.4 Å². The number of rotatable bonds is 14. The van der Waals surface area contributed by atoms with Crippen LogP contribution in [0.25, 0.3) is 10.2 Å². The molecule has 0 spiro atoms. The number of Topliss-reactive ketones (excluding diaryl/α,β-unsaturated/α-hetero) is 1. The van der Waals surface area contributed by atoms with Crippen LogP contribution in [0.3, 0.4) is 0 Å². The van der Waals surface area contributed by atoms with E-state index in [1.807, 2.05) is 12.3 Å². The highest BCUT2D eigenvalue weighted by molar-refractivity contribution is 7.17. The van der Waals surface area contributed by atoms with Gasteiger partial charge in [-0.25, -0.2) is 4.98 Å². The SMILES string of the molecule is CO[C@H](C)CN(CCCCc1ccc2c(n1)NCCC2)CC[C@H](Nc1c2scc(C)c2nc[n+]1O)C(C)=O. The van der Waals surface area contributed by atoms with Gasteiger partial charge in [-0.15, -0.1) is 16.3 Å². The van der Waals surface area contributed by atoms with E-state index in [2.05, 4.69) is 39.6 Å². The molecule has 0 aromatic carbocycles. The predicted octanol–water partition coefficient (Wildman–Crippen LogP) is 4.00. The van der Waals surface area contributed by atoms with Gasteiger partial charge in [-0.3, -0.25) is 10.1 Å². The van der Waals surface area contributed by atoms with Crippen molar-refractivity contribution >= 4 is 39.0 Å². The molecule has 9 nitrogen and oxygen atoms in total. The number of pyridine rings is 1. The number of methoxy groups -OCH3 is 1. The summed E-state index contributed by atoms with van der Waals surface area (Å²) in [5, 5.41) is 19.2. The number of ketones is 1. The average Bonchev–Trinajstić information content (AvgIpc) is 3.29. The first-order valence-corrected chi connectivity index (χ1v) is 14.5. The third-order valence-corrected chi connectivity index (χ3v) is 8.34. The first-order chi connectivity index (χ1) is 18.4. The van der Waals surface area contributed by atoms with Gasteiger partial charge < -0.3 is 20.2 Å². The van der Waals surface area contributed by atoms with Crippen molar-refractivity contribution in [2.75, 3.05) is 43.9 Å². The number of fused-ring (bicyclic) bond motifs is 2. The lowest BCUT2D eigenvalue weighted by molar-refractivity contribution is -0.894. The molecule has 0 fully saturated rings. The van der Waals surface area contributed by atoms with Crippen LogP contribution in [0, 0.1) is 6.92 Å². The number of anilines is 2. The Kier molecular flexibility index (Phi) is 9.87. The number of nitrogens with one attached hydrogen (secondary N) is 2. The third-order valence-electron chi connectivity index (χ3n) is 7.24. The molecule has 0 radical (unpaired) electrons. The van der Waals surface area contributed by atoms with Crippen LogP contribution >= 0.6 is 11.3 Å². The van der Waals surface area contributed by atoms with Crippen molar-refractivity contribution in [3.05, 3.63) is 40.7 Å². The Hall–Kier alpha value is -2.82. The second-order valence-corrected chi connectivity index (χ2v) is 11.2. The highest BCUT2D eigenvalue weighted by atomic mass is 32.1. The second-order valence-electron chi connectivity index (χ2n) is 10.3. The molecule has 3 aromatic rings. The number of aryl methyl sites for hydroxylation is 3. The summed E-state index contributed by atoms with van der Waals surface area (Å²) < 4.78 is 7.36. The maximum atomic E-state index is 12.6. The Bertz CT molecular complexity index is 1230. The average molecular weight is 542 g/mol. The highest BCUT2D eigenvalue weighted by Gasteiger charge is 2.25. The Morgan fingerprint density at radius 1 is 1.34 bits per heavy atom. The van der Waals surface area contributed by atoms with E-state index in [1.54, 1.807) is 14.0 Å². The van der Waals surface area contributed by atoms with E-state index in [9.17, 15) is 10.0 Å². The number of aromatic nitrogens is 3. The Morgan fingerprint density at radius 2 is 2.18 bits per heavy atom. The summed E-state index contributed by atoms with van der Waals surface area (Å²) in [5.74, 6) is 1.60. The topological polar surface area (TPSA) is 103 Å². The fraction of sp³-hybridized carbons (Fsp3) is 0.571. The fourth-order valence-corrected chi connectivity index (χ4v) is 5.90. The standard InChI is InChI=1S/C28H40N6O3S/c1-19-17-38-26-25(19)30-18-34(36)28(26)32-24(21(3)35)12-15-33(16-20(2)37-4)14-6-5-9-23-11-10-22-8-7-13-29-27(22)31-23/h10-11,17-18,20,24,36H,5-9,12-16H2,1-4H3,(H,29,31)/p+1/t20-,24+/m1/s1. The van der Waals surface area contributed by atoms with Gasteiger partial charge in [0.15, 0.2) is 11.3 Å². The monoisotopic (exact) mass is 541 g/mol. The highest BCUT2D eigenvalue weighted by Crippen LogP contribution is 2.28. The molecular weight excluding hydrogens is 500 g/mol. The van der Waals surface area contributed by atoms with Crippen LogP contribution in [0.2, 0.25) is 0 Å². The van der Waals surface area contributed by atoms with Gasteiger partial charge in [0.05, 0.1) is 6.10 Å². The largest absolute Gasteiger partial charge is 0.380 e. The molecule has 0 amide bonds. The van der Waals surface area contributed by atoms with E-state index >= 15 is 0 Å². The van der Waals surface area contributed by atoms with Crippen molar-refractivity contribution < 1.29 is 19.5 Å². The van der Waals surface area contributed by atoms with Crippen LogP contribution < -0.4 is 15.4 Å². The molecule has 3 aromatic heterocycles. The van der Waals surface area contributed by atoms with Gasteiger partial charge in [-0.2, -0.15) is 0 Å². The molecule has 4 heterocycles. The molecule has 1 aliphatic rings. The molecular formula is C28H41N6O3S+. The summed E-state index contributed by atoms with van der Waals surface area (Å²) in [6.07, 6.45) is 7.42. The van der Waals surface area contributed by atoms with Gasteiger partial charge in [0, 0.05) is 44.4 Å². The maximum Gasteiger partial charge on any atom is 0.281 e. The molecule has 1 aliphatic heterocycles. The summed E-state index contributed by atoms with van der Waals surface area (Å²) in [6.45, 7) is 9.13. The molecule has 3 N–H and O–H groups in total. The summed E-state index contributed by atoms with van der Waals surface area (Å²) in [5.41, 5.74) is 4.35. The smallest absolute Gasteiger partial charge is 0.281 e. The summed E-state index contributed by atoms with van der Waals surface area (Å²) in [7, 11) is 1.73. The number of carbonyl (C=O) groups excluding carboxylic acids is 1. The number of unbranched alkanes of at least 4 members (excludes halogenated alkanes) is 1. The van der Waals surface area contributed by atoms with Crippen LogP contribution in [-0.4, -0.2) is 71.3 Å². The van der Waals surface area contributed by atoms with E-state index in [4.69, 9.17) is 9.72 Å². The molecule has 0 saturated heterocycles. The Morgan fingerprint density at radius 3 is 2.97 bits per heavy atom. The molecule has 4 rings (SSSR count). The molecule has 0 unspecified atom stereocenters. The summed E-state index contributed by atoms with van der Waals surface area (Å²) in [6, 6.07) is 3.96.